The Balaban J connectivity index is 1.73. The van der Waals surface area contributed by atoms with Gasteiger partial charge in [0.2, 0.25) is 5.95 Å². The van der Waals surface area contributed by atoms with Crippen LogP contribution in [0.15, 0.2) is 24.4 Å². The zero-order chi connectivity index (χ0) is 23.5. The molecule has 1 heterocycles. The van der Waals surface area contributed by atoms with Crippen LogP contribution < -0.4 is 20.1 Å². The fraction of sp³-hybridized carbons (Fsp3) is 0.389. The van der Waals surface area contributed by atoms with Gasteiger partial charge in [0.25, 0.3) is 0 Å². The average Bonchev–Trinajstić information content (AvgIpc) is 2.62. The highest BCUT2D eigenvalue weighted by Gasteiger charge is 2.38. The fourth-order valence-electron chi connectivity index (χ4n) is 2.68. The minimum absolute atomic E-state index is 0.00967. The maximum Gasteiger partial charge on any atom is 0.573 e. The minimum Gasteiger partial charge on any atom is -0.406 e. The third-order valence-corrected chi connectivity index (χ3v) is 4.70. The van der Waals surface area contributed by atoms with Gasteiger partial charge in [0.15, 0.2) is 11.4 Å². The van der Waals surface area contributed by atoms with Crippen molar-refractivity contribution in [3.05, 3.63) is 35.1 Å². The number of halogens is 7. The van der Waals surface area contributed by atoms with Crippen molar-refractivity contribution < 1.29 is 40.6 Å². The second-order valence-electron chi connectivity index (χ2n) is 6.79. The van der Waals surface area contributed by atoms with Crippen molar-refractivity contribution >= 4 is 29.3 Å². The van der Waals surface area contributed by atoms with E-state index in [1.807, 2.05) is 0 Å². The number of nitrogens with one attached hydrogen (secondary N) is 2. The number of hydrogen-bond acceptors (Lipinski definition) is 6. The highest BCUT2D eigenvalue weighted by Crippen LogP contribution is 2.36. The molecule has 0 aliphatic heterocycles. The van der Waals surface area contributed by atoms with Crippen LogP contribution in [0.1, 0.15) is 25.0 Å². The van der Waals surface area contributed by atoms with Crippen LogP contribution in [0.2, 0.25) is 5.02 Å². The highest BCUT2D eigenvalue weighted by atomic mass is 35.5. The normalized spacial score (nSPS) is 14.5. The van der Waals surface area contributed by atoms with Crippen LogP contribution in [0.5, 0.6) is 11.5 Å². The van der Waals surface area contributed by atoms with E-state index in [9.17, 15) is 31.1 Å². The summed E-state index contributed by atoms with van der Waals surface area (Å²) in [6.07, 6.45) is -7.49. The maximum atomic E-state index is 13.4. The summed E-state index contributed by atoms with van der Waals surface area (Å²) in [7, 11) is 0. The third kappa shape index (κ3) is 6.52. The molecule has 2 aromatic rings. The number of benzene rings is 1. The monoisotopic (exact) mass is 484 g/mol. The molecule has 1 amide bonds. The van der Waals surface area contributed by atoms with Crippen molar-refractivity contribution in [3.63, 3.8) is 0 Å². The molecule has 1 aromatic heterocycles. The van der Waals surface area contributed by atoms with Gasteiger partial charge in [0, 0.05) is 12.2 Å². The second kappa shape index (κ2) is 9.27. The van der Waals surface area contributed by atoms with Gasteiger partial charge in [0.05, 0.1) is 11.2 Å². The van der Waals surface area contributed by atoms with Crippen molar-refractivity contribution in [2.75, 3.05) is 11.9 Å². The van der Waals surface area contributed by atoms with Gasteiger partial charge < -0.3 is 20.1 Å². The Morgan fingerprint density at radius 2 is 1.88 bits per heavy atom. The molecule has 174 valence electrons. The molecule has 0 unspecified atom stereocenters. The lowest BCUT2D eigenvalue weighted by molar-refractivity contribution is -0.274. The number of nitrogens with zero attached hydrogens (tertiary/aromatic N) is 2. The molecule has 1 saturated carbocycles. The molecular weight excluding hydrogens is 470 g/mol. The summed E-state index contributed by atoms with van der Waals surface area (Å²) in [4.78, 5) is 18.8. The Hall–Kier alpha value is -2.96. The first-order valence-electron chi connectivity index (χ1n) is 9.13. The Morgan fingerprint density at radius 1 is 1.16 bits per heavy atom. The summed E-state index contributed by atoms with van der Waals surface area (Å²) in [5.41, 5.74) is -1.53. The zero-order valence-corrected chi connectivity index (χ0v) is 16.7. The van der Waals surface area contributed by atoms with Gasteiger partial charge in [-0.05, 0) is 37.0 Å². The number of carbonyl (C=O) groups is 1. The largest absolute Gasteiger partial charge is 0.573 e. The van der Waals surface area contributed by atoms with Crippen LogP contribution in [0.25, 0.3) is 0 Å². The van der Waals surface area contributed by atoms with Crippen LogP contribution in [0.4, 0.5) is 42.8 Å². The molecular formula is C18H15ClF6N4O3. The van der Waals surface area contributed by atoms with E-state index in [4.69, 9.17) is 16.3 Å². The molecule has 0 saturated heterocycles. The van der Waals surface area contributed by atoms with E-state index in [0.29, 0.717) is 6.20 Å². The molecule has 7 nitrogen and oxygen atoms in total. The molecule has 0 bridgehead atoms. The summed E-state index contributed by atoms with van der Waals surface area (Å²) >= 11 is 5.70. The Morgan fingerprint density at radius 3 is 2.44 bits per heavy atom. The minimum atomic E-state index is -4.98. The van der Waals surface area contributed by atoms with Gasteiger partial charge in [-0.1, -0.05) is 18.0 Å². The molecule has 1 fully saturated rings. The quantitative estimate of drug-likeness (QED) is 0.513. The molecule has 1 aliphatic rings. The fourth-order valence-corrected chi connectivity index (χ4v) is 2.90. The van der Waals surface area contributed by atoms with Crippen molar-refractivity contribution in [2.24, 2.45) is 5.92 Å². The number of carbonyl (C=O) groups excluding carboxylic acids is 1. The predicted molar refractivity (Wildman–Crippen MR) is 99.8 cm³/mol. The molecule has 14 heteroatoms. The number of amides is 1. The lowest BCUT2D eigenvalue weighted by Crippen LogP contribution is -2.34. The van der Waals surface area contributed by atoms with Crippen LogP contribution in [-0.2, 0) is 6.18 Å². The van der Waals surface area contributed by atoms with E-state index >= 15 is 0 Å². The Labute approximate surface area is 182 Å². The average molecular weight is 485 g/mol. The number of anilines is 2. The number of hydrogen-bond donors (Lipinski definition) is 2. The van der Waals surface area contributed by atoms with E-state index in [2.05, 4.69) is 25.3 Å². The first kappa shape index (κ1) is 23.7. The van der Waals surface area contributed by atoms with Crippen molar-refractivity contribution in [3.8, 4) is 11.5 Å². The lowest BCUT2D eigenvalue weighted by atomic mass is 9.85. The summed E-state index contributed by atoms with van der Waals surface area (Å²) in [5, 5.41) is 4.32. The lowest BCUT2D eigenvalue weighted by Gasteiger charge is -2.25. The van der Waals surface area contributed by atoms with Gasteiger partial charge >= 0.3 is 18.6 Å². The number of ether oxygens (including phenoxy) is 2. The van der Waals surface area contributed by atoms with Gasteiger partial charge in [0.1, 0.15) is 5.75 Å². The van der Waals surface area contributed by atoms with E-state index in [1.54, 1.807) is 0 Å². The van der Waals surface area contributed by atoms with E-state index < -0.39 is 46.8 Å². The van der Waals surface area contributed by atoms with Gasteiger partial charge in [-0.25, -0.2) is 14.8 Å². The van der Waals surface area contributed by atoms with Crippen molar-refractivity contribution in [2.45, 2.75) is 31.8 Å². The van der Waals surface area contributed by atoms with Crippen LogP contribution in [-0.4, -0.2) is 29.0 Å². The molecule has 2 N–H and O–H groups in total. The zero-order valence-electron chi connectivity index (χ0n) is 16.0. The van der Waals surface area contributed by atoms with E-state index in [-0.39, 0.29) is 18.2 Å². The van der Waals surface area contributed by atoms with E-state index in [0.717, 1.165) is 37.5 Å². The molecule has 1 aliphatic carbocycles. The Kier molecular flexibility index (Phi) is 6.86. The summed E-state index contributed by atoms with van der Waals surface area (Å²) < 4.78 is 85.5. The highest BCUT2D eigenvalue weighted by molar-refractivity contribution is 6.32. The van der Waals surface area contributed by atoms with E-state index in [1.165, 1.54) is 0 Å². The standard InChI is InChI=1S/C18H15ClF6N4O3/c19-11-6-10(4-5-12(11)32-18(23,24)25)28-15-26-8-13(14(29-15)17(20,21)22)31-16(30)27-7-9-2-1-3-9/h4-6,8-9H,1-3,7H2,(H,27,30)(H,26,28,29). The molecule has 0 atom stereocenters. The van der Waals surface area contributed by atoms with Crippen molar-refractivity contribution in [1.29, 1.82) is 0 Å². The first-order valence-corrected chi connectivity index (χ1v) is 9.51. The second-order valence-corrected chi connectivity index (χ2v) is 7.20. The number of rotatable bonds is 6. The molecule has 0 spiro atoms. The van der Waals surface area contributed by atoms with Crippen LogP contribution in [0.3, 0.4) is 0 Å². The predicted octanol–water partition coefficient (Wildman–Crippen LogP) is 5.68. The van der Waals surface area contributed by atoms with Gasteiger partial charge in [-0.2, -0.15) is 13.2 Å². The molecule has 32 heavy (non-hydrogen) atoms. The van der Waals surface area contributed by atoms with Crippen LogP contribution in [0, 0.1) is 5.92 Å². The van der Waals surface area contributed by atoms with Gasteiger partial charge in [-0.3, -0.25) is 0 Å². The summed E-state index contributed by atoms with van der Waals surface area (Å²) in [5.74, 6) is -1.88. The molecule has 1 aromatic carbocycles. The smallest absolute Gasteiger partial charge is 0.406 e. The molecule has 3 rings (SSSR count). The van der Waals surface area contributed by atoms with Gasteiger partial charge in [-0.15, -0.1) is 13.2 Å². The van der Waals surface area contributed by atoms with Crippen LogP contribution >= 0.6 is 11.6 Å². The Bertz CT molecular complexity index is 982. The third-order valence-electron chi connectivity index (χ3n) is 4.40. The topological polar surface area (TPSA) is 85.4 Å². The first-order chi connectivity index (χ1) is 14.9. The van der Waals surface area contributed by atoms with Crippen molar-refractivity contribution in [1.82, 2.24) is 15.3 Å². The summed E-state index contributed by atoms with van der Waals surface area (Å²) in [6, 6.07) is 2.92. The number of alkyl halides is 6. The maximum absolute atomic E-state index is 13.4. The molecule has 0 radical (unpaired) electrons. The SMILES string of the molecule is O=C(NCC1CCC1)Oc1cnc(Nc2ccc(OC(F)(F)F)c(Cl)c2)nc1C(F)(F)F. The summed E-state index contributed by atoms with van der Waals surface area (Å²) in [6.45, 7) is 0.287. The number of aromatic nitrogens is 2.